The van der Waals surface area contributed by atoms with Gasteiger partial charge in [-0.2, -0.15) is 13.2 Å². The maximum atomic E-state index is 12.4. The highest BCUT2D eigenvalue weighted by atomic mass is 19.4. The van der Waals surface area contributed by atoms with E-state index in [1.807, 2.05) is 0 Å². The molecular formula is C17H13F3NO2+. The quantitative estimate of drug-likeness (QED) is 0.477. The predicted molar refractivity (Wildman–Crippen MR) is 81.5 cm³/mol. The monoisotopic (exact) mass is 320 g/mol. The number of methoxy groups -OCH3 is 1. The summed E-state index contributed by atoms with van der Waals surface area (Å²) in [4.78, 5) is 11.3. The van der Waals surface area contributed by atoms with E-state index in [4.69, 9.17) is 0 Å². The normalized spacial score (nSPS) is 13.7. The zero-order valence-electron chi connectivity index (χ0n) is 12.2. The van der Waals surface area contributed by atoms with Crippen LogP contribution in [0.4, 0.5) is 13.2 Å². The molecule has 0 heterocycles. The van der Waals surface area contributed by atoms with Gasteiger partial charge in [-0.25, -0.2) is 4.79 Å². The maximum absolute atomic E-state index is 12.4. The first kappa shape index (κ1) is 16.6. The van der Waals surface area contributed by atoms with Gasteiger partial charge >= 0.3 is 24.2 Å². The fourth-order valence-electron chi connectivity index (χ4n) is 1.85. The van der Waals surface area contributed by atoms with Crippen LogP contribution in [-0.2, 0) is 4.74 Å². The predicted octanol–water partition coefficient (Wildman–Crippen LogP) is 3.00. The molecule has 2 rings (SSSR count). The van der Waals surface area contributed by atoms with Gasteiger partial charge in [0, 0.05) is 6.42 Å². The van der Waals surface area contributed by atoms with E-state index >= 15 is 0 Å². The van der Waals surface area contributed by atoms with Gasteiger partial charge in [0.2, 0.25) is 0 Å². The summed E-state index contributed by atoms with van der Waals surface area (Å²) >= 11 is 0. The van der Waals surface area contributed by atoms with Crippen LogP contribution >= 0.6 is 0 Å². The van der Waals surface area contributed by atoms with Crippen LogP contribution in [-0.4, -0.2) is 31.3 Å². The summed E-state index contributed by atoms with van der Waals surface area (Å²) in [6.07, 6.45) is 0.761. The Hall–Kier alpha value is -2.81. The molecule has 0 saturated carbocycles. The fraction of sp³-hybridized carbons (Fsp3) is 0.176. The molecule has 6 heteroatoms. The van der Waals surface area contributed by atoms with E-state index in [1.54, 1.807) is 24.3 Å². The van der Waals surface area contributed by atoms with E-state index in [2.05, 4.69) is 15.3 Å². The number of benzene rings is 1. The van der Waals surface area contributed by atoms with E-state index in [0.29, 0.717) is 11.1 Å². The smallest absolute Gasteiger partial charge is 0.416 e. The van der Waals surface area contributed by atoms with Crippen molar-refractivity contribution in [2.75, 3.05) is 7.11 Å². The van der Waals surface area contributed by atoms with Crippen molar-refractivity contribution in [2.24, 2.45) is 0 Å². The van der Waals surface area contributed by atoms with Crippen molar-refractivity contribution in [3.05, 3.63) is 64.8 Å². The van der Waals surface area contributed by atoms with Gasteiger partial charge in [0.15, 0.2) is 0 Å². The van der Waals surface area contributed by atoms with E-state index in [0.717, 1.165) is 17.7 Å². The number of halogens is 3. The van der Waals surface area contributed by atoms with Crippen LogP contribution in [0.25, 0.3) is 0 Å². The molecule has 23 heavy (non-hydrogen) atoms. The molecule has 1 aromatic carbocycles. The molecule has 1 aliphatic rings. The number of carbonyl (C=O) groups is 1. The number of alkyl halides is 3. The van der Waals surface area contributed by atoms with Gasteiger partial charge in [-0.3, -0.25) is 0 Å². The second-order valence-electron chi connectivity index (χ2n) is 4.70. The maximum Gasteiger partial charge on any atom is 0.416 e. The molecule has 1 aromatic rings. The first-order valence-corrected chi connectivity index (χ1v) is 6.69. The first-order chi connectivity index (χ1) is 10.9. The zero-order chi connectivity index (χ0) is 16.9. The van der Waals surface area contributed by atoms with Crippen LogP contribution in [0, 0.1) is 0 Å². The van der Waals surface area contributed by atoms with Crippen molar-refractivity contribution in [2.45, 2.75) is 12.6 Å². The molecule has 1 aliphatic carbocycles. The Morgan fingerprint density at radius 1 is 1.26 bits per heavy atom. The van der Waals surface area contributed by atoms with Gasteiger partial charge in [0.25, 0.3) is 0 Å². The summed E-state index contributed by atoms with van der Waals surface area (Å²) in [5, 5.41) is 0. The number of esters is 1. The fourth-order valence-corrected chi connectivity index (χ4v) is 1.85. The van der Waals surface area contributed by atoms with Crippen LogP contribution in [0.3, 0.4) is 0 Å². The van der Waals surface area contributed by atoms with Gasteiger partial charge in [0.05, 0.1) is 29.4 Å². The van der Waals surface area contributed by atoms with E-state index in [-0.39, 0.29) is 6.42 Å². The molecule has 0 aliphatic heterocycles. The molecule has 0 unspecified atom stereocenters. The molecule has 0 N–H and O–H groups in total. The summed E-state index contributed by atoms with van der Waals surface area (Å²) in [6, 6.07) is 6.55. The minimum Gasteiger partial charge on any atom is -0.465 e. The molecule has 0 radical (unpaired) electrons. The molecule has 0 bridgehead atoms. The lowest BCUT2D eigenvalue weighted by Gasteiger charge is -2.09. The molecule has 118 valence electrons. The highest BCUT2D eigenvalue weighted by Crippen LogP contribution is 2.29. The van der Waals surface area contributed by atoms with Gasteiger partial charge in [-0.05, 0) is 41.1 Å². The van der Waals surface area contributed by atoms with Crippen LogP contribution in [0.5, 0.6) is 0 Å². The Kier molecular flexibility index (Phi) is 5.02. The van der Waals surface area contributed by atoms with Gasteiger partial charge in [0.1, 0.15) is 0 Å². The van der Waals surface area contributed by atoms with E-state index < -0.39 is 17.7 Å². The second kappa shape index (κ2) is 6.97. The highest BCUT2D eigenvalue weighted by Gasteiger charge is 2.32. The third-order valence-corrected chi connectivity index (χ3v) is 3.09. The summed E-state index contributed by atoms with van der Waals surface area (Å²) in [5.41, 5.74) is 1.05. The minimum atomic E-state index is -4.33. The SMILES string of the molecule is COC(=O)c1ccc(C=[N+]=C=C2C=CC(C(F)(F)F)=CC2)cc1. The third kappa shape index (κ3) is 4.58. The highest BCUT2D eigenvalue weighted by molar-refractivity contribution is 5.90. The number of allylic oxidation sites excluding steroid dienone is 5. The first-order valence-electron chi connectivity index (χ1n) is 6.69. The number of carbonyl (C=O) groups excluding carboxylic acids is 1. The number of rotatable bonds is 2. The Balaban J connectivity index is 2.12. The zero-order valence-corrected chi connectivity index (χ0v) is 12.2. The topological polar surface area (TPSA) is 40.4 Å². The lowest BCUT2D eigenvalue weighted by Crippen LogP contribution is -2.11. The van der Waals surface area contributed by atoms with Crippen LogP contribution in [0.1, 0.15) is 22.3 Å². The lowest BCUT2D eigenvalue weighted by atomic mass is 10.0. The van der Waals surface area contributed by atoms with Crippen molar-refractivity contribution >= 4 is 18.1 Å². The average molecular weight is 320 g/mol. The van der Waals surface area contributed by atoms with Crippen LogP contribution < -0.4 is 4.67 Å². The van der Waals surface area contributed by atoms with Crippen molar-refractivity contribution < 1.29 is 22.7 Å². The Morgan fingerprint density at radius 3 is 2.48 bits per heavy atom. The second-order valence-corrected chi connectivity index (χ2v) is 4.70. The van der Waals surface area contributed by atoms with Crippen molar-refractivity contribution in [1.29, 1.82) is 0 Å². The molecular weight excluding hydrogens is 307 g/mol. The van der Waals surface area contributed by atoms with E-state index in [1.165, 1.54) is 19.4 Å². The largest absolute Gasteiger partial charge is 0.465 e. The standard InChI is InChI=1S/C17H13F3NO2/c1-23-16(22)14-6-2-12(3-7-14)10-21-11-13-4-8-15(9-5-13)17(18,19)20/h2-4,6-10H,5H2,1H3/q+1. The lowest BCUT2D eigenvalue weighted by molar-refractivity contribution is -0.0885. The van der Waals surface area contributed by atoms with Gasteiger partial charge < -0.3 is 4.74 Å². The van der Waals surface area contributed by atoms with Crippen molar-refractivity contribution in [1.82, 2.24) is 4.67 Å². The third-order valence-electron chi connectivity index (χ3n) is 3.09. The summed E-state index contributed by atoms with van der Waals surface area (Å²) in [6.45, 7) is 0. The van der Waals surface area contributed by atoms with Crippen molar-refractivity contribution in [3.63, 3.8) is 0 Å². The molecule has 0 fully saturated rings. The number of ether oxygens (including phenoxy) is 1. The molecule has 0 amide bonds. The van der Waals surface area contributed by atoms with Gasteiger partial charge in [-0.1, -0.05) is 6.08 Å². The molecule has 0 aromatic heterocycles. The van der Waals surface area contributed by atoms with Crippen LogP contribution in [0.15, 0.2) is 53.6 Å². The van der Waals surface area contributed by atoms with Crippen LogP contribution in [0.2, 0.25) is 0 Å². The van der Waals surface area contributed by atoms with E-state index in [9.17, 15) is 18.0 Å². The number of hydrogen-bond acceptors (Lipinski definition) is 2. The van der Waals surface area contributed by atoms with Gasteiger partial charge in [-0.15, -0.1) is 0 Å². The molecule has 0 saturated heterocycles. The molecule has 0 atom stereocenters. The average Bonchev–Trinajstić information content (AvgIpc) is 2.54. The molecule has 3 nitrogen and oxygen atoms in total. The Bertz CT molecular complexity index is 758. The number of nitrogens with zero attached hydrogens (tertiary/aromatic N) is 1. The Morgan fingerprint density at radius 2 is 1.96 bits per heavy atom. The molecule has 0 spiro atoms. The minimum absolute atomic E-state index is 0.129. The summed E-state index contributed by atoms with van der Waals surface area (Å²) in [5.74, 6) is 2.26. The number of hydrogen-bond donors (Lipinski definition) is 0. The van der Waals surface area contributed by atoms with Crippen molar-refractivity contribution in [3.8, 4) is 0 Å². The Labute approximate surface area is 130 Å². The summed E-state index contributed by atoms with van der Waals surface area (Å²) < 4.78 is 45.9. The summed E-state index contributed by atoms with van der Waals surface area (Å²) in [7, 11) is 1.30.